The molecule has 0 unspecified atom stereocenters. The van der Waals surface area contributed by atoms with Crippen molar-refractivity contribution in [3.63, 3.8) is 0 Å². The minimum absolute atomic E-state index is 0.0234. The highest BCUT2D eigenvalue weighted by atomic mass is 32.2. The molecule has 0 aliphatic heterocycles. The number of thiophene rings is 1. The van der Waals surface area contributed by atoms with E-state index in [1.54, 1.807) is 15.9 Å². The normalized spacial score (nSPS) is 17.6. The van der Waals surface area contributed by atoms with Crippen LogP contribution in [0.2, 0.25) is 0 Å². The first kappa shape index (κ1) is 20.4. The first-order chi connectivity index (χ1) is 13.9. The lowest BCUT2D eigenvalue weighted by molar-refractivity contribution is -0.119. The maximum atomic E-state index is 13.3. The topological polar surface area (TPSA) is 87.8 Å². The largest absolute Gasteiger partial charge is 0.337 e. The second kappa shape index (κ2) is 8.11. The Morgan fingerprint density at radius 2 is 2.10 bits per heavy atom. The van der Waals surface area contributed by atoms with Crippen molar-refractivity contribution in [1.82, 2.24) is 14.9 Å². The van der Waals surface area contributed by atoms with Crippen LogP contribution in [-0.2, 0) is 24.2 Å². The molecule has 2 aromatic heterocycles. The highest BCUT2D eigenvalue weighted by molar-refractivity contribution is 7.99. The van der Waals surface area contributed by atoms with E-state index in [4.69, 9.17) is 4.98 Å². The SMILES string of the molecule is CC(C)Cn1c(SCC(=O)NC2(C#N)CCCC2)nc2sc3c(c2c1=O)CCC3. The van der Waals surface area contributed by atoms with Gasteiger partial charge < -0.3 is 5.32 Å². The van der Waals surface area contributed by atoms with Crippen LogP contribution in [0.1, 0.15) is 56.4 Å². The van der Waals surface area contributed by atoms with E-state index in [9.17, 15) is 14.9 Å². The number of hydrogen-bond acceptors (Lipinski definition) is 6. The first-order valence-corrected chi connectivity index (χ1v) is 12.1. The second-order valence-corrected chi connectivity index (χ2v) is 10.5. The van der Waals surface area contributed by atoms with Crippen LogP contribution in [0, 0.1) is 17.2 Å². The molecule has 1 saturated carbocycles. The third-order valence-corrected chi connectivity index (χ3v) is 7.88. The average molecular weight is 431 g/mol. The van der Waals surface area contributed by atoms with E-state index in [0.717, 1.165) is 42.3 Å². The van der Waals surface area contributed by atoms with Crippen molar-refractivity contribution in [2.24, 2.45) is 5.92 Å². The van der Waals surface area contributed by atoms with Gasteiger partial charge in [0.05, 0.1) is 17.2 Å². The number of hydrogen-bond donors (Lipinski definition) is 1. The summed E-state index contributed by atoms with van der Waals surface area (Å²) < 4.78 is 1.74. The summed E-state index contributed by atoms with van der Waals surface area (Å²) in [5.41, 5.74) is 0.489. The minimum Gasteiger partial charge on any atom is -0.337 e. The Bertz CT molecular complexity index is 1040. The molecule has 4 rings (SSSR count). The number of nitriles is 1. The lowest BCUT2D eigenvalue weighted by atomic mass is 10.0. The Hall–Kier alpha value is -1.85. The Kier molecular flexibility index (Phi) is 5.71. The van der Waals surface area contributed by atoms with Crippen LogP contribution in [0.4, 0.5) is 0 Å². The molecule has 0 bridgehead atoms. The van der Waals surface area contributed by atoms with E-state index in [0.29, 0.717) is 30.5 Å². The van der Waals surface area contributed by atoms with Gasteiger partial charge in [0.2, 0.25) is 5.91 Å². The van der Waals surface area contributed by atoms with Gasteiger partial charge in [0.1, 0.15) is 10.4 Å². The van der Waals surface area contributed by atoms with Crippen molar-refractivity contribution in [3.8, 4) is 6.07 Å². The van der Waals surface area contributed by atoms with Gasteiger partial charge in [0.25, 0.3) is 5.56 Å². The molecule has 2 aliphatic rings. The molecule has 1 N–H and O–H groups in total. The Morgan fingerprint density at radius 1 is 1.34 bits per heavy atom. The summed E-state index contributed by atoms with van der Waals surface area (Å²) in [6.07, 6.45) is 6.45. The van der Waals surface area contributed by atoms with Gasteiger partial charge in [-0.25, -0.2) is 4.98 Å². The zero-order valence-electron chi connectivity index (χ0n) is 16.9. The molecule has 2 aliphatic carbocycles. The summed E-state index contributed by atoms with van der Waals surface area (Å²) in [5, 5.41) is 13.8. The Labute approximate surface area is 178 Å². The quantitative estimate of drug-likeness (QED) is 0.558. The number of thioether (sulfide) groups is 1. The average Bonchev–Trinajstić information content (AvgIpc) is 3.38. The smallest absolute Gasteiger partial charge is 0.263 e. The number of nitrogens with zero attached hydrogens (tertiary/aromatic N) is 3. The molecule has 1 amide bonds. The summed E-state index contributed by atoms with van der Waals surface area (Å²) in [6, 6.07) is 2.29. The molecule has 0 radical (unpaired) electrons. The van der Waals surface area contributed by atoms with Gasteiger partial charge in [0, 0.05) is 11.4 Å². The van der Waals surface area contributed by atoms with Crippen LogP contribution < -0.4 is 10.9 Å². The molecule has 1 fully saturated rings. The zero-order chi connectivity index (χ0) is 20.6. The van der Waals surface area contributed by atoms with Crippen LogP contribution in [-0.4, -0.2) is 26.8 Å². The number of amides is 1. The van der Waals surface area contributed by atoms with Crippen molar-refractivity contribution in [2.75, 3.05) is 5.75 Å². The summed E-state index contributed by atoms with van der Waals surface area (Å²) in [5.74, 6) is 0.287. The molecular weight excluding hydrogens is 404 g/mol. The summed E-state index contributed by atoms with van der Waals surface area (Å²) in [4.78, 5) is 32.7. The molecule has 2 aromatic rings. The van der Waals surface area contributed by atoms with Gasteiger partial charge in [-0.2, -0.15) is 5.26 Å². The van der Waals surface area contributed by atoms with Gasteiger partial charge in [-0.3, -0.25) is 14.2 Å². The highest BCUT2D eigenvalue weighted by Crippen LogP contribution is 2.36. The maximum Gasteiger partial charge on any atom is 0.263 e. The van der Waals surface area contributed by atoms with Crippen LogP contribution in [0.25, 0.3) is 10.2 Å². The van der Waals surface area contributed by atoms with E-state index in [1.807, 2.05) is 0 Å². The van der Waals surface area contributed by atoms with Gasteiger partial charge in [-0.15, -0.1) is 11.3 Å². The zero-order valence-corrected chi connectivity index (χ0v) is 18.5. The van der Waals surface area contributed by atoms with Gasteiger partial charge in [0.15, 0.2) is 5.16 Å². The van der Waals surface area contributed by atoms with E-state index < -0.39 is 5.54 Å². The van der Waals surface area contributed by atoms with Crippen LogP contribution >= 0.6 is 23.1 Å². The third-order valence-electron chi connectivity index (χ3n) is 5.72. The number of aromatic nitrogens is 2. The summed E-state index contributed by atoms with van der Waals surface area (Å²) in [6.45, 7) is 4.73. The van der Waals surface area contributed by atoms with E-state index in [-0.39, 0.29) is 17.2 Å². The summed E-state index contributed by atoms with van der Waals surface area (Å²) in [7, 11) is 0. The third kappa shape index (κ3) is 3.95. The predicted octanol–water partition coefficient (Wildman–Crippen LogP) is 3.65. The predicted molar refractivity (Wildman–Crippen MR) is 116 cm³/mol. The van der Waals surface area contributed by atoms with Crippen molar-refractivity contribution in [2.45, 2.75) is 76.0 Å². The Morgan fingerprint density at radius 3 is 2.79 bits per heavy atom. The molecule has 0 aromatic carbocycles. The first-order valence-electron chi connectivity index (χ1n) is 10.3. The van der Waals surface area contributed by atoms with Crippen LogP contribution in [0.5, 0.6) is 0 Å². The molecule has 0 spiro atoms. The fourth-order valence-corrected chi connectivity index (χ4v) is 6.48. The van der Waals surface area contributed by atoms with E-state index in [2.05, 4.69) is 25.2 Å². The molecule has 8 heteroatoms. The van der Waals surface area contributed by atoms with Crippen molar-refractivity contribution < 1.29 is 4.79 Å². The fourth-order valence-electron chi connectivity index (χ4n) is 4.37. The molecule has 29 heavy (non-hydrogen) atoms. The minimum atomic E-state index is -0.721. The molecule has 154 valence electrons. The maximum absolute atomic E-state index is 13.3. The van der Waals surface area contributed by atoms with Crippen molar-refractivity contribution in [3.05, 3.63) is 20.8 Å². The number of nitrogens with one attached hydrogen (secondary N) is 1. The standard InChI is InChI=1S/C21H26N4O2S2/c1-13(2)10-25-19(27)17-14-6-5-7-15(14)29-18(17)23-20(25)28-11-16(26)24-21(12-22)8-3-4-9-21/h13H,3-11H2,1-2H3,(H,24,26). The fraction of sp³-hybridized carbons (Fsp3) is 0.619. The monoisotopic (exact) mass is 430 g/mol. The van der Waals surface area contributed by atoms with E-state index in [1.165, 1.54) is 22.2 Å². The second-order valence-electron chi connectivity index (χ2n) is 8.48. The number of aryl methyl sites for hydroxylation is 2. The van der Waals surface area contributed by atoms with Crippen molar-refractivity contribution in [1.29, 1.82) is 5.26 Å². The van der Waals surface area contributed by atoms with Crippen LogP contribution in [0.15, 0.2) is 9.95 Å². The number of carbonyl (C=O) groups excluding carboxylic acids is 1. The van der Waals surface area contributed by atoms with Crippen molar-refractivity contribution >= 4 is 39.2 Å². The molecule has 0 atom stereocenters. The lowest BCUT2D eigenvalue weighted by Crippen LogP contribution is -2.45. The number of rotatable bonds is 6. The molecule has 0 saturated heterocycles. The molecular formula is C21H26N4O2S2. The Balaban J connectivity index is 1.60. The summed E-state index contributed by atoms with van der Waals surface area (Å²) >= 11 is 2.92. The molecule has 6 nitrogen and oxygen atoms in total. The van der Waals surface area contributed by atoms with Crippen LogP contribution in [0.3, 0.4) is 0 Å². The van der Waals surface area contributed by atoms with Gasteiger partial charge >= 0.3 is 0 Å². The number of fused-ring (bicyclic) bond motifs is 3. The van der Waals surface area contributed by atoms with Gasteiger partial charge in [-0.1, -0.05) is 25.6 Å². The molecule has 2 heterocycles. The van der Waals surface area contributed by atoms with E-state index >= 15 is 0 Å². The number of carbonyl (C=O) groups is 1. The lowest BCUT2D eigenvalue weighted by Gasteiger charge is -2.22. The van der Waals surface area contributed by atoms with Gasteiger partial charge in [-0.05, 0) is 56.4 Å². The highest BCUT2D eigenvalue weighted by Gasteiger charge is 2.35.